The van der Waals surface area contributed by atoms with E-state index in [1.165, 1.54) is 11.0 Å². The molecule has 0 unspecified atom stereocenters. The van der Waals surface area contributed by atoms with Crippen LogP contribution in [0.3, 0.4) is 0 Å². The molecule has 0 aromatic heterocycles. The topological polar surface area (TPSA) is 81.1 Å². The summed E-state index contributed by atoms with van der Waals surface area (Å²) in [5, 5.41) is 18.8. The van der Waals surface area contributed by atoms with Crippen LogP contribution in [0.5, 0.6) is 0 Å². The fourth-order valence-electron chi connectivity index (χ4n) is 5.02. The van der Waals surface area contributed by atoms with Gasteiger partial charge in [-0.2, -0.15) is 26.3 Å². The molecule has 41 heavy (non-hydrogen) atoms. The van der Waals surface area contributed by atoms with Gasteiger partial charge in [0.1, 0.15) is 0 Å². The number of aliphatic hydroxyl groups excluding tert-OH is 1. The van der Waals surface area contributed by atoms with Gasteiger partial charge < -0.3 is 20.0 Å². The van der Waals surface area contributed by atoms with Crippen LogP contribution >= 0.6 is 11.8 Å². The van der Waals surface area contributed by atoms with E-state index in [9.17, 15) is 46.1 Å². The van der Waals surface area contributed by atoms with Crippen LogP contribution in [0.15, 0.2) is 52.3 Å². The number of amides is 1. The maximum Gasteiger partial charge on any atom is 0.418 e. The number of hydrogen-bond donors (Lipinski definition) is 2. The Hall–Kier alpha value is -3.19. The highest BCUT2D eigenvalue weighted by molar-refractivity contribution is 7.99. The van der Waals surface area contributed by atoms with E-state index in [1.54, 1.807) is 18.2 Å². The van der Waals surface area contributed by atoms with Crippen molar-refractivity contribution in [3.05, 3.63) is 59.2 Å². The molecule has 2 aliphatic heterocycles. The molecule has 0 spiro atoms. The summed E-state index contributed by atoms with van der Waals surface area (Å²) < 4.78 is 85.2. The normalized spacial score (nSPS) is 17.8. The Labute approximate surface area is 236 Å². The van der Waals surface area contributed by atoms with Gasteiger partial charge in [-0.05, 0) is 61.6 Å². The second kappa shape index (κ2) is 12.4. The first kappa shape index (κ1) is 30.8. The monoisotopic (exact) mass is 602 g/mol. The molecule has 2 fully saturated rings. The van der Waals surface area contributed by atoms with Crippen molar-refractivity contribution in [1.29, 1.82) is 0 Å². The van der Waals surface area contributed by atoms with E-state index in [0.29, 0.717) is 56.2 Å². The van der Waals surface area contributed by atoms with Gasteiger partial charge in [0.25, 0.3) is 0 Å². The van der Waals surface area contributed by atoms with Gasteiger partial charge in [-0.25, -0.2) is 0 Å². The molecular weight excluding hydrogens is 574 g/mol. The highest BCUT2D eigenvalue weighted by Gasteiger charge is 2.46. The zero-order valence-corrected chi connectivity index (χ0v) is 22.5. The minimum absolute atomic E-state index is 0.191. The standard InChI is InChI=1S/C28H28F6N2O4S/c29-27(30,31)24-17(5-7-23(38)36-14-10-20(37)11-15-36)4-6-22(25(24)28(32,33)34)41-21-3-1-2-19(16-21)35-12-8-18(9-13-35)26(39)40/h1-7,16,18,20,37H,8-15H2,(H,39,40)/b7-5+. The van der Waals surface area contributed by atoms with Crippen LogP contribution in [-0.4, -0.2) is 59.3 Å². The number of carbonyl (C=O) groups excluding carboxylic acids is 1. The van der Waals surface area contributed by atoms with Crippen molar-refractivity contribution in [2.45, 2.75) is 53.9 Å². The molecule has 2 aliphatic rings. The van der Waals surface area contributed by atoms with Gasteiger partial charge >= 0.3 is 18.3 Å². The molecule has 1 amide bonds. The number of piperidine rings is 2. The third-order valence-corrected chi connectivity index (χ3v) is 8.25. The second-order valence-electron chi connectivity index (χ2n) is 9.99. The molecule has 0 bridgehead atoms. The molecule has 2 aromatic rings. The van der Waals surface area contributed by atoms with Gasteiger partial charge in [-0.3, -0.25) is 9.59 Å². The number of hydrogen-bond acceptors (Lipinski definition) is 5. The van der Waals surface area contributed by atoms with E-state index < -0.39 is 57.8 Å². The number of carboxylic acid groups (broad SMARTS) is 1. The van der Waals surface area contributed by atoms with E-state index >= 15 is 0 Å². The zero-order chi connectivity index (χ0) is 29.9. The van der Waals surface area contributed by atoms with Crippen LogP contribution in [0.1, 0.15) is 42.4 Å². The highest BCUT2D eigenvalue weighted by Crippen LogP contribution is 2.48. The highest BCUT2D eigenvalue weighted by atomic mass is 32.2. The van der Waals surface area contributed by atoms with Gasteiger partial charge in [-0.15, -0.1) is 0 Å². The summed E-state index contributed by atoms with van der Waals surface area (Å²) in [4.78, 5) is 26.5. The van der Waals surface area contributed by atoms with Crippen LogP contribution < -0.4 is 4.90 Å². The third-order valence-electron chi connectivity index (χ3n) is 7.20. The molecule has 0 radical (unpaired) electrons. The van der Waals surface area contributed by atoms with Gasteiger partial charge in [-0.1, -0.05) is 23.9 Å². The Kier molecular flexibility index (Phi) is 9.27. The molecule has 0 atom stereocenters. The number of rotatable bonds is 6. The van der Waals surface area contributed by atoms with Crippen LogP contribution in [0, 0.1) is 5.92 Å². The minimum Gasteiger partial charge on any atom is -0.481 e. The molecule has 2 N–H and O–H groups in total. The lowest BCUT2D eigenvalue weighted by Crippen LogP contribution is -2.39. The molecule has 2 saturated heterocycles. The van der Waals surface area contributed by atoms with Crippen molar-refractivity contribution in [1.82, 2.24) is 4.90 Å². The summed E-state index contributed by atoms with van der Waals surface area (Å²) >= 11 is 0.547. The first-order valence-electron chi connectivity index (χ1n) is 13.0. The van der Waals surface area contributed by atoms with E-state index in [-0.39, 0.29) is 18.0 Å². The molecule has 4 rings (SSSR count). The molecule has 2 aromatic carbocycles. The number of carbonyl (C=O) groups is 2. The maximum absolute atomic E-state index is 14.2. The molecule has 0 saturated carbocycles. The Bertz CT molecular complexity index is 1300. The smallest absolute Gasteiger partial charge is 0.418 e. The molecular formula is C28H28F6N2O4S. The Balaban J connectivity index is 1.64. The first-order chi connectivity index (χ1) is 19.2. The summed E-state index contributed by atoms with van der Waals surface area (Å²) in [7, 11) is 0. The van der Waals surface area contributed by atoms with Gasteiger partial charge in [0.05, 0.1) is 23.1 Å². The number of aliphatic hydroxyl groups is 1. The van der Waals surface area contributed by atoms with Crippen LogP contribution in [0.25, 0.3) is 6.08 Å². The minimum atomic E-state index is -5.37. The maximum atomic E-state index is 14.2. The van der Waals surface area contributed by atoms with E-state index in [2.05, 4.69) is 0 Å². The molecule has 2 heterocycles. The van der Waals surface area contributed by atoms with Crippen molar-refractivity contribution in [3.63, 3.8) is 0 Å². The molecule has 222 valence electrons. The summed E-state index contributed by atoms with van der Waals surface area (Å²) in [6.45, 7) is 1.23. The summed E-state index contributed by atoms with van der Waals surface area (Å²) in [5.74, 6) is -2.01. The number of aliphatic carboxylic acids is 1. The lowest BCUT2D eigenvalue weighted by molar-refractivity contribution is -0.163. The summed E-state index contributed by atoms with van der Waals surface area (Å²) in [6.07, 6.45) is -8.31. The number of nitrogens with zero attached hydrogens (tertiary/aromatic N) is 2. The predicted molar refractivity (Wildman–Crippen MR) is 140 cm³/mol. The number of anilines is 1. The zero-order valence-electron chi connectivity index (χ0n) is 21.7. The molecule has 0 aliphatic carbocycles. The van der Waals surface area contributed by atoms with Gasteiger partial charge in [0, 0.05) is 47.7 Å². The van der Waals surface area contributed by atoms with Crippen LogP contribution in [0.4, 0.5) is 32.0 Å². The lowest BCUT2D eigenvalue weighted by Gasteiger charge is -2.32. The van der Waals surface area contributed by atoms with Gasteiger partial charge in [0.2, 0.25) is 5.91 Å². The average Bonchev–Trinajstić information content (AvgIpc) is 2.91. The lowest BCUT2D eigenvalue weighted by atomic mass is 9.97. The predicted octanol–water partition coefficient (Wildman–Crippen LogP) is 6.17. The summed E-state index contributed by atoms with van der Waals surface area (Å²) in [5.41, 5.74) is -3.86. The Morgan fingerprint density at radius 2 is 1.51 bits per heavy atom. The van der Waals surface area contributed by atoms with E-state index in [0.717, 1.165) is 24.3 Å². The largest absolute Gasteiger partial charge is 0.481 e. The number of likely N-dealkylation sites (tertiary alicyclic amines) is 1. The number of alkyl halides is 6. The number of benzene rings is 2. The Morgan fingerprint density at radius 1 is 0.878 bits per heavy atom. The van der Waals surface area contributed by atoms with Crippen molar-refractivity contribution >= 4 is 35.4 Å². The fraction of sp³-hybridized carbons (Fsp3) is 0.429. The number of halogens is 6. The van der Waals surface area contributed by atoms with Crippen LogP contribution in [0.2, 0.25) is 0 Å². The third kappa shape index (κ3) is 7.56. The molecule has 6 nitrogen and oxygen atoms in total. The van der Waals surface area contributed by atoms with Crippen LogP contribution in [-0.2, 0) is 21.9 Å². The van der Waals surface area contributed by atoms with E-state index in [1.807, 2.05) is 4.90 Å². The average molecular weight is 603 g/mol. The fourth-order valence-corrected chi connectivity index (χ4v) is 6.05. The first-order valence-corrected chi connectivity index (χ1v) is 13.8. The van der Waals surface area contributed by atoms with Gasteiger partial charge in [0.15, 0.2) is 0 Å². The second-order valence-corrected chi connectivity index (χ2v) is 11.1. The SMILES string of the molecule is O=C(O)C1CCN(c2cccc(Sc3ccc(/C=C/C(=O)N4CCC(O)CC4)c(C(F)(F)F)c3C(F)(F)F)c2)CC1. The number of carboxylic acids is 1. The molecule has 13 heteroatoms. The van der Waals surface area contributed by atoms with Crippen molar-refractivity contribution in [2.75, 3.05) is 31.1 Å². The van der Waals surface area contributed by atoms with Crippen molar-refractivity contribution in [3.8, 4) is 0 Å². The summed E-state index contributed by atoms with van der Waals surface area (Å²) in [6, 6.07) is 8.25. The van der Waals surface area contributed by atoms with Crippen molar-refractivity contribution in [2.24, 2.45) is 5.92 Å². The van der Waals surface area contributed by atoms with E-state index in [4.69, 9.17) is 0 Å². The quantitative estimate of drug-likeness (QED) is 0.304. The Morgan fingerprint density at radius 3 is 2.10 bits per heavy atom. The van der Waals surface area contributed by atoms with Crippen molar-refractivity contribution < 1.29 is 46.1 Å².